The highest BCUT2D eigenvalue weighted by Crippen LogP contribution is 2.05. The van der Waals surface area contributed by atoms with Gasteiger partial charge in [-0.25, -0.2) is 13.1 Å². The largest absolute Gasteiger partial charge is 0.383 e. The van der Waals surface area contributed by atoms with Crippen LogP contribution < -0.4 is 15.4 Å². The number of aliphatic imine (C=N–C) groups is 1. The molecule has 0 radical (unpaired) electrons. The molecule has 0 aliphatic carbocycles. The fourth-order valence-corrected chi connectivity index (χ4v) is 3.95. The van der Waals surface area contributed by atoms with Gasteiger partial charge in [-0.15, -0.1) is 24.0 Å². The smallest absolute Gasteiger partial charge is 0.242 e. The lowest BCUT2D eigenvalue weighted by Gasteiger charge is -2.36. The zero-order chi connectivity index (χ0) is 21.8. The fraction of sp³-hybridized carbons (Fsp3) is 0.611. The molecule has 2 rings (SSSR count). The van der Waals surface area contributed by atoms with E-state index in [0.29, 0.717) is 32.2 Å². The number of guanidine groups is 1. The van der Waals surface area contributed by atoms with Crippen molar-refractivity contribution < 1.29 is 17.9 Å². The minimum Gasteiger partial charge on any atom is -0.383 e. The van der Waals surface area contributed by atoms with Crippen LogP contribution in [0.15, 0.2) is 34.4 Å². The molecule has 0 unspecified atom stereocenters. The van der Waals surface area contributed by atoms with E-state index in [1.807, 2.05) is 0 Å². The molecular weight excluding hydrogens is 537 g/mol. The van der Waals surface area contributed by atoms with Crippen LogP contribution in [-0.2, 0) is 19.6 Å². The number of carbonyl (C=O) groups is 1. The van der Waals surface area contributed by atoms with E-state index in [1.54, 1.807) is 20.2 Å². The highest BCUT2D eigenvalue weighted by atomic mass is 127. The number of nitrogens with one attached hydrogen (secondary N) is 3. The number of piperazine rings is 1. The van der Waals surface area contributed by atoms with E-state index in [-0.39, 0.29) is 41.3 Å². The standard InChI is InChI=1S/C18H31N7O4S.HI/c1-19-18(22-6-7-23-30(27,28)16-4-3-5-20-14-16)25-11-9-24(10-12-25)15-17(26)21-8-13-29-2;/h3-5,14,23H,6-13,15H2,1-2H3,(H,19,22)(H,21,26);1H. The van der Waals surface area contributed by atoms with Crippen LogP contribution in [0.1, 0.15) is 0 Å². The van der Waals surface area contributed by atoms with Gasteiger partial charge >= 0.3 is 0 Å². The van der Waals surface area contributed by atoms with Gasteiger partial charge in [-0.1, -0.05) is 0 Å². The summed E-state index contributed by atoms with van der Waals surface area (Å²) in [7, 11) is -0.284. The van der Waals surface area contributed by atoms with Gasteiger partial charge in [0.15, 0.2) is 5.96 Å². The number of halogens is 1. The Morgan fingerprint density at radius 2 is 1.94 bits per heavy atom. The van der Waals surface area contributed by atoms with Gasteiger partial charge in [-0.3, -0.25) is 19.7 Å². The molecule has 1 aliphatic rings. The zero-order valence-corrected chi connectivity index (χ0v) is 21.1. The van der Waals surface area contributed by atoms with Crippen LogP contribution in [0.2, 0.25) is 0 Å². The number of pyridine rings is 1. The summed E-state index contributed by atoms with van der Waals surface area (Å²) in [6.45, 7) is 4.93. The lowest BCUT2D eigenvalue weighted by molar-refractivity contribution is -0.122. The monoisotopic (exact) mass is 569 g/mol. The topological polar surface area (TPSA) is 128 Å². The van der Waals surface area contributed by atoms with Crippen LogP contribution in [0.25, 0.3) is 0 Å². The second-order valence-corrected chi connectivity index (χ2v) is 8.43. The maximum absolute atomic E-state index is 12.2. The van der Waals surface area contributed by atoms with Crippen molar-refractivity contribution in [1.82, 2.24) is 30.1 Å². The summed E-state index contributed by atoms with van der Waals surface area (Å²) in [5.41, 5.74) is 0. The van der Waals surface area contributed by atoms with E-state index < -0.39 is 10.0 Å². The summed E-state index contributed by atoms with van der Waals surface area (Å²) in [6, 6.07) is 3.08. The Hall–Kier alpha value is -1.55. The van der Waals surface area contributed by atoms with Crippen LogP contribution in [0, 0.1) is 0 Å². The summed E-state index contributed by atoms with van der Waals surface area (Å²) in [6.07, 6.45) is 2.84. The Morgan fingerprint density at radius 3 is 2.55 bits per heavy atom. The van der Waals surface area contributed by atoms with E-state index in [2.05, 4.69) is 35.1 Å². The quantitative estimate of drug-likeness (QED) is 0.141. The average Bonchev–Trinajstić information content (AvgIpc) is 2.75. The Kier molecular flexibility index (Phi) is 12.9. The number of hydrogen-bond donors (Lipinski definition) is 3. The summed E-state index contributed by atoms with van der Waals surface area (Å²) >= 11 is 0. The molecule has 0 spiro atoms. The van der Waals surface area contributed by atoms with E-state index in [1.165, 1.54) is 18.5 Å². The summed E-state index contributed by atoms with van der Waals surface area (Å²) < 4.78 is 31.8. The van der Waals surface area contributed by atoms with Crippen molar-refractivity contribution in [2.45, 2.75) is 4.90 Å². The number of nitrogens with zero attached hydrogens (tertiary/aromatic N) is 4. The first-order valence-electron chi connectivity index (χ1n) is 9.79. The van der Waals surface area contributed by atoms with Gasteiger partial charge in [0, 0.05) is 72.4 Å². The molecule has 13 heteroatoms. The lowest BCUT2D eigenvalue weighted by atomic mass is 10.3. The van der Waals surface area contributed by atoms with Gasteiger partial charge < -0.3 is 20.3 Å². The average molecular weight is 569 g/mol. The minimum atomic E-state index is -3.58. The second-order valence-electron chi connectivity index (χ2n) is 6.67. The Balaban J connectivity index is 0.00000480. The van der Waals surface area contributed by atoms with Crippen LogP contribution in [0.3, 0.4) is 0 Å². The number of rotatable bonds is 10. The van der Waals surface area contributed by atoms with Gasteiger partial charge in [-0.05, 0) is 12.1 Å². The highest BCUT2D eigenvalue weighted by Gasteiger charge is 2.21. The third kappa shape index (κ3) is 9.64. The Labute approximate surface area is 201 Å². The maximum Gasteiger partial charge on any atom is 0.242 e. The molecule has 1 amide bonds. The molecule has 1 aromatic rings. The molecule has 2 heterocycles. The lowest BCUT2D eigenvalue weighted by Crippen LogP contribution is -2.54. The van der Waals surface area contributed by atoms with E-state index in [0.717, 1.165) is 26.2 Å². The molecule has 11 nitrogen and oxygen atoms in total. The Bertz CT molecular complexity index is 787. The predicted molar refractivity (Wildman–Crippen MR) is 129 cm³/mol. The molecule has 0 bridgehead atoms. The molecule has 0 saturated carbocycles. The van der Waals surface area contributed by atoms with Crippen LogP contribution in [-0.4, -0.2) is 108 Å². The third-order valence-corrected chi connectivity index (χ3v) is 5.97. The SMILES string of the molecule is CN=C(NCCNS(=O)(=O)c1cccnc1)N1CCN(CC(=O)NCCOC)CC1.I. The van der Waals surface area contributed by atoms with Crippen molar-refractivity contribution in [3.05, 3.63) is 24.5 Å². The summed E-state index contributed by atoms with van der Waals surface area (Å²) in [5, 5.41) is 5.99. The zero-order valence-electron chi connectivity index (χ0n) is 17.9. The molecule has 1 aliphatic heterocycles. The molecule has 0 aromatic carbocycles. The maximum atomic E-state index is 12.2. The number of carbonyl (C=O) groups excluding carboxylic acids is 1. The van der Waals surface area contributed by atoms with Crippen molar-refractivity contribution in [3.63, 3.8) is 0 Å². The minimum absolute atomic E-state index is 0. The van der Waals surface area contributed by atoms with Gasteiger partial charge in [0.2, 0.25) is 15.9 Å². The molecule has 1 fully saturated rings. The molecule has 1 aromatic heterocycles. The third-order valence-electron chi connectivity index (χ3n) is 4.52. The molecule has 31 heavy (non-hydrogen) atoms. The molecular formula is C18H32IN7O4S. The van der Waals surface area contributed by atoms with E-state index in [4.69, 9.17) is 4.74 Å². The summed E-state index contributed by atoms with van der Waals surface area (Å²) in [5.74, 6) is 0.698. The van der Waals surface area contributed by atoms with Crippen LogP contribution >= 0.6 is 24.0 Å². The van der Waals surface area contributed by atoms with Crippen molar-refractivity contribution in [1.29, 1.82) is 0 Å². The summed E-state index contributed by atoms with van der Waals surface area (Å²) in [4.78, 5) is 24.3. The second kappa shape index (κ2) is 14.5. The van der Waals surface area contributed by atoms with E-state index in [9.17, 15) is 13.2 Å². The number of ether oxygens (including phenoxy) is 1. The van der Waals surface area contributed by atoms with E-state index >= 15 is 0 Å². The predicted octanol–water partition coefficient (Wildman–Crippen LogP) is -1.07. The van der Waals surface area contributed by atoms with Crippen molar-refractivity contribution in [2.24, 2.45) is 4.99 Å². The number of sulfonamides is 1. The van der Waals surface area contributed by atoms with Gasteiger partial charge in [0.1, 0.15) is 4.90 Å². The fourth-order valence-electron chi connectivity index (χ4n) is 2.95. The first-order chi connectivity index (χ1) is 14.5. The Morgan fingerprint density at radius 1 is 1.19 bits per heavy atom. The number of methoxy groups -OCH3 is 1. The van der Waals surface area contributed by atoms with Crippen LogP contribution in [0.5, 0.6) is 0 Å². The van der Waals surface area contributed by atoms with Crippen molar-refractivity contribution in [2.75, 3.05) is 73.1 Å². The number of hydrogen-bond acceptors (Lipinski definition) is 7. The molecule has 0 atom stereocenters. The highest BCUT2D eigenvalue weighted by molar-refractivity contribution is 14.0. The first kappa shape index (κ1) is 27.5. The number of aromatic nitrogens is 1. The van der Waals surface area contributed by atoms with Crippen molar-refractivity contribution in [3.8, 4) is 0 Å². The molecule has 1 saturated heterocycles. The van der Waals surface area contributed by atoms with Gasteiger partial charge in [-0.2, -0.15) is 0 Å². The van der Waals surface area contributed by atoms with Gasteiger partial charge in [0.25, 0.3) is 0 Å². The van der Waals surface area contributed by atoms with Gasteiger partial charge in [0.05, 0.1) is 13.2 Å². The molecule has 3 N–H and O–H groups in total. The van der Waals surface area contributed by atoms with Crippen molar-refractivity contribution >= 4 is 45.9 Å². The van der Waals surface area contributed by atoms with Crippen LogP contribution in [0.4, 0.5) is 0 Å². The number of amides is 1. The first-order valence-corrected chi connectivity index (χ1v) is 11.3. The molecule has 176 valence electrons. The normalized spacial score (nSPS) is 15.3.